The number of halogens is 1. The van der Waals surface area contributed by atoms with Gasteiger partial charge in [-0.25, -0.2) is 0 Å². The molecule has 0 aromatic carbocycles. The number of thiophene rings is 1. The van der Waals surface area contributed by atoms with Crippen molar-refractivity contribution in [2.24, 2.45) is 5.73 Å². The van der Waals surface area contributed by atoms with Gasteiger partial charge in [0.2, 0.25) is 0 Å². The Morgan fingerprint density at radius 1 is 1.69 bits per heavy atom. The van der Waals surface area contributed by atoms with E-state index < -0.39 is 0 Å². The first kappa shape index (κ1) is 11.2. The fourth-order valence-electron chi connectivity index (χ4n) is 1.15. The van der Waals surface area contributed by atoms with E-state index in [2.05, 4.69) is 22.0 Å². The third kappa shape index (κ3) is 3.06. The summed E-state index contributed by atoms with van der Waals surface area (Å²) in [5.74, 6) is 0. The van der Waals surface area contributed by atoms with Gasteiger partial charge in [0.15, 0.2) is 0 Å². The van der Waals surface area contributed by atoms with Crippen LogP contribution in [0.25, 0.3) is 0 Å². The third-order valence-electron chi connectivity index (χ3n) is 1.69. The zero-order chi connectivity index (χ0) is 9.84. The van der Waals surface area contributed by atoms with E-state index in [0.29, 0.717) is 6.61 Å². The highest BCUT2D eigenvalue weighted by atomic mass is 79.9. The lowest BCUT2D eigenvalue weighted by molar-refractivity contribution is 0.0500. The van der Waals surface area contributed by atoms with Crippen molar-refractivity contribution in [3.63, 3.8) is 0 Å². The first-order valence-corrected chi connectivity index (χ1v) is 5.93. The molecule has 0 saturated carbocycles. The Labute approximate surface area is 91.2 Å². The van der Waals surface area contributed by atoms with Crippen LogP contribution in [0.15, 0.2) is 15.9 Å². The Bertz CT molecular complexity index is 262. The van der Waals surface area contributed by atoms with Gasteiger partial charge < -0.3 is 10.5 Å². The molecule has 1 rings (SSSR count). The van der Waals surface area contributed by atoms with E-state index in [9.17, 15) is 0 Å². The molecule has 0 saturated heterocycles. The van der Waals surface area contributed by atoms with Crippen LogP contribution in [-0.4, -0.2) is 12.6 Å². The molecule has 0 aliphatic carbocycles. The van der Waals surface area contributed by atoms with E-state index in [1.807, 2.05) is 19.2 Å². The van der Waals surface area contributed by atoms with E-state index in [0.717, 1.165) is 4.47 Å². The van der Waals surface area contributed by atoms with E-state index in [1.165, 1.54) is 4.88 Å². The maximum absolute atomic E-state index is 5.83. The lowest BCUT2D eigenvalue weighted by Gasteiger charge is -2.18. The van der Waals surface area contributed by atoms with Crippen LogP contribution in [0.5, 0.6) is 0 Å². The highest BCUT2D eigenvalue weighted by Gasteiger charge is 2.17. The number of ether oxygens (including phenoxy) is 1. The predicted molar refractivity (Wildman–Crippen MR) is 60.0 cm³/mol. The summed E-state index contributed by atoms with van der Waals surface area (Å²) in [6, 6.07) is 2.10. The molecule has 2 unspecified atom stereocenters. The van der Waals surface area contributed by atoms with Gasteiger partial charge in [0, 0.05) is 27.4 Å². The summed E-state index contributed by atoms with van der Waals surface area (Å²) in [7, 11) is 0. The van der Waals surface area contributed by atoms with Gasteiger partial charge in [0.05, 0.1) is 0 Å². The average Bonchev–Trinajstić information content (AvgIpc) is 2.46. The SMILES string of the molecule is CCOC(c1cc(Br)cs1)C(C)N. The molecule has 0 aliphatic rings. The molecule has 1 heterocycles. The van der Waals surface area contributed by atoms with Gasteiger partial charge in [0.25, 0.3) is 0 Å². The van der Waals surface area contributed by atoms with Crippen molar-refractivity contribution in [1.82, 2.24) is 0 Å². The molecular formula is C9H14BrNOS. The normalized spacial score (nSPS) is 15.7. The molecule has 0 amide bonds. The molecule has 1 aromatic rings. The highest BCUT2D eigenvalue weighted by molar-refractivity contribution is 9.10. The summed E-state index contributed by atoms with van der Waals surface area (Å²) < 4.78 is 6.66. The number of rotatable bonds is 4. The second-order valence-electron chi connectivity index (χ2n) is 2.90. The molecule has 2 nitrogen and oxygen atoms in total. The lowest BCUT2D eigenvalue weighted by atomic mass is 10.1. The second-order valence-corrected chi connectivity index (χ2v) is 4.76. The molecule has 0 spiro atoms. The van der Waals surface area contributed by atoms with E-state index in [-0.39, 0.29) is 12.1 Å². The molecule has 0 fully saturated rings. The summed E-state index contributed by atoms with van der Waals surface area (Å²) in [4.78, 5) is 1.18. The third-order valence-corrected chi connectivity index (χ3v) is 3.45. The van der Waals surface area contributed by atoms with Gasteiger partial charge in [-0.2, -0.15) is 0 Å². The molecular weight excluding hydrogens is 250 g/mol. The maximum atomic E-state index is 5.83. The fraction of sp³-hybridized carbons (Fsp3) is 0.556. The Balaban J connectivity index is 2.75. The quantitative estimate of drug-likeness (QED) is 0.907. The molecule has 13 heavy (non-hydrogen) atoms. The Morgan fingerprint density at radius 3 is 2.77 bits per heavy atom. The Morgan fingerprint density at radius 2 is 2.38 bits per heavy atom. The van der Waals surface area contributed by atoms with Gasteiger partial charge in [-0.05, 0) is 35.8 Å². The Kier molecular flexibility index (Phi) is 4.38. The van der Waals surface area contributed by atoms with E-state index in [4.69, 9.17) is 10.5 Å². The number of hydrogen-bond donors (Lipinski definition) is 1. The monoisotopic (exact) mass is 263 g/mol. The topological polar surface area (TPSA) is 35.2 Å². The van der Waals surface area contributed by atoms with Crippen LogP contribution in [0.4, 0.5) is 0 Å². The van der Waals surface area contributed by atoms with Crippen molar-refractivity contribution in [3.05, 3.63) is 20.8 Å². The van der Waals surface area contributed by atoms with Crippen molar-refractivity contribution in [2.75, 3.05) is 6.61 Å². The van der Waals surface area contributed by atoms with Gasteiger partial charge >= 0.3 is 0 Å². The molecule has 2 atom stereocenters. The summed E-state index contributed by atoms with van der Waals surface area (Å²) in [6.45, 7) is 4.65. The predicted octanol–water partition coefficient (Wildman–Crippen LogP) is 2.94. The van der Waals surface area contributed by atoms with E-state index >= 15 is 0 Å². The summed E-state index contributed by atoms with van der Waals surface area (Å²) in [5, 5.41) is 2.05. The molecule has 0 aliphatic heterocycles. The molecule has 4 heteroatoms. The minimum absolute atomic E-state index is 0.0290. The zero-order valence-electron chi connectivity index (χ0n) is 7.79. The standard InChI is InChI=1S/C9H14BrNOS/c1-3-12-9(6(2)11)8-4-7(10)5-13-8/h4-6,9H,3,11H2,1-2H3. The van der Waals surface area contributed by atoms with Crippen molar-refractivity contribution >= 4 is 27.3 Å². The summed E-state index contributed by atoms with van der Waals surface area (Å²) >= 11 is 5.09. The van der Waals surface area contributed by atoms with Crippen LogP contribution in [0.1, 0.15) is 24.8 Å². The number of nitrogens with two attached hydrogens (primary N) is 1. The van der Waals surface area contributed by atoms with Crippen LogP contribution in [0, 0.1) is 0 Å². The average molecular weight is 264 g/mol. The zero-order valence-corrected chi connectivity index (χ0v) is 10.2. The molecule has 0 radical (unpaired) electrons. The van der Waals surface area contributed by atoms with Crippen molar-refractivity contribution < 1.29 is 4.74 Å². The van der Waals surface area contributed by atoms with Gasteiger partial charge in [-0.1, -0.05) is 0 Å². The first-order valence-electron chi connectivity index (χ1n) is 4.26. The maximum Gasteiger partial charge on any atom is 0.106 e. The molecule has 2 N–H and O–H groups in total. The van der Waals surface area contributed by atoms with Gasteiger partial charge in [-0.15, -0.1) is 11.3 Å². The molecule has 0 bridgehead atoms. The lowest BCUT2D eigenvalue weighted by Crippen LogP contribution is -2.26. The smallest absolute Gasteiger partial charge is 0.106 e. The molecule has 74 valence electrons. The second kappa shape index (κ2) is 5.10. The van der Waals surface area contributed by atoms with Crippen LogP contribution in [0.3, 0.4) is 0 Å². The van der Waals surface area contributed by atoms with E-state index in [1.54, 1.807) is 11.3 Å². The van der Waals surface area contributed by atoms with Gasteiger partial charge in [0.1, 0.15) is 6.10 Å². The van der Waals surface area contributed by atoms with Gasteiger partial charge in [-0.3, -0.25) is 0 Å². The highest BCUT2D eigenvalue weighted by Crippen LogP contribution is 2.29. The van der Waals surface area contributed by atoms with Crippen LogP contribution >= 0.6 is 27.3 Å². The van der Waals surface area contributed by atoms with Crippen molar-refractivity contribution in [2.45, 2.75) is 26.0 Å². The van der Waals surface area contributed by atoms with Crippen LogP contribution in [0.2, 0.25) is 0 Å². The summed E-state index contributed by atoms with van der Waals surface area (Å²) in [6.07, 6.45) is 0.0290. The van der Waals surface area contributed by atoms with Crippen LogP contribution in [-0.2, 0) is 4.74 Å². The first-order chi connectivity index (χ1) is 6.15. The molecule has 1 aromatic heterocycles. The van der Waals surface area contributed by atoms with Crippen LogP contribution < -0.4 is 5.73 Å². The number of hydrogen-bond acceptors (Lipinski definition) is 3. The Hall–Kier alpha value is 0.1000. The largest absolute Gasteiger partial charge is 0.371 e. The van der Waals surface area contributed by atoms with Crippen molar-refractivity contribution in [1.29, 1.82) is 0 Å². The summed E-state index contributed by atoms with van der Waals surface area (Å²) in [5.41, 5.74) is 5.83. The minimum Gasteiger partial charge on any atom is -0.371 e. The minimum atomic E-state index is 0.0290. The fourth-order valence-corrected chi connectivity index (χ4v) is 2.76. The van der Waals surface area contributed by atoms with Crippen molar-refractivity contribution in [3.8, 4) is 0 Å².